The summed E-state index contributed by atoms with van der Waals surface area (Å²) in [7, 11) is 0. The number of carbonyl (C=O) groups is 1. The van der Waals surface area contributed by atoms with Crippen LogP contribution < -0.4 is 0 Å². The predicted octanol–water partition coefficient (Wildman–Crippen LogP) is 5.98. The van der Waals surface area contributed by atoms with E-state index in [9.17, 15) is 4.79 Å². The molecule has 0 fully saturated rings. The molecule has 0 radical (unpaired) electrons. The molecule has 0 saturated carbocycles. The summed E-state index contributed by atoms with van der Waals surface area (Å²) in [5, 5.41) is 1.06. The van der Waals surface area contributed by atoms with Gasteiger partial charge in [-0.1, -0.05) is 60.2 Å². The Kier molecular flexibility index (Phi) is 6.19. The number of para-hydroxylation sites is 1. The zero-order valence-corrected chi connectivity index (χ0v) is 20.9. The summed E-state index contributed by atoms with van der Waals surface area (Å²) in [5.41, 5.74) is 8.41. The van der Waals surface area contributed by atoms with Gasteiger partial charge in [0.1, 0.15) is 0 Å². The number of pyridine rings is 1. The molecule has 2 aromatic heterocycles. The SMILES string of the molecule is Cc1ccc(CCc2ccc(C(=O)N3CCc4cnc(-c5cnc6ccccc6c5)nc4C3)cc2)cc1. The molecule has 37 heavy (non-hydrogen) atoms. The number of nitrogens with zero attached hydrogens (tertiary/aromatic N) is 4. The maximum absolute atomic E-state index is 13.3. The van der Waals surface area contributed by atoms with Gasteiger partial charge in [0.05, 0.1) is 17.8 Å². The lowest BCUT2D eigenvalue weighted by atomic mass is 10.0. The van der Waals surface area contributed by atoms with Crippen LogP contribution >= 0.6 is 0 Å². The first-order chi connectivity index (χ1) is 18.1. The summed E-state index contributed by atoms with van der Waals surface area (Å²) in [6.45, 7) is 3.26. The molecule has 0 aliphatic carbocycles. The second-order valence-corrected chi connectivity index (χ2v) is 9.74. The van der Waals surface area contributed by atoms with Gasteiger partial charge in [-0.05, 0) is 67.1 Å². The van der Waals surface area contributed by atoms with Gasteiger partial charge in [-0.3, -0.25) is 9.78 Å². The molecule has 5 aromatic rings. The van der Waals surface area contributed by atoms with Gasteiger partial charge in [-0.15, -0.1) is 0 Å². The molecule has 3 aromatic carbocycles. The third-order valence-electron chi connectivity index (χ3n) is 7.11. The second kappa shape index (κ2) is 9.94. The predicted molar refractivity (Wildman–Crippen MR) is 146 cm³/mol. The first-order valence-electron chi connectivity index (χ1n) is 12.8. The smallest absolute Gasteiger partial charge is 0.254 e. The molecule has 0 unspecified atom stereocenters. The topological polar surface area (TPSA) is 59.0 Å². The van der Waals surface area contributed by atoms with Gasteiger partial charge < -0.3 is 4.90 Å². The first-order valence-corrected chi connectivity index (χ1v) is 12.8. The van der Waals surface area contributed by atoms with Crippen molar-refractivity contribution in [3.8, 4) is 11.4 Å². The molecule has 0 saturated heterocycles. The average Bonchev–Trinajstić information content (AvgIpc) is 2.96. The van der Waals surface area contributed by atoms with E-state index in [-0.39, 0.29) is 5.91 Å². The Hall–Kier alpha value is -4.38. The van der Waals surface area contributed by atoms with Crippen LogP contribution in [0.3, 0.4) is 0 Å². The number of aromatic nitrogens is 3. The van der Waals surface area contributed by atoms with Crippen molar-refractivity contribution in [2.75, 3.05) is 6.54 Å². The molecular weight excluding hydrogens is 456 g/mol. The monoisotopic (exact) mass is 484 g/mol. The third-order valence-corrected chi connectivity index (χ3v) is 7.11. The van der Waals surface area contributed by atoms with Gasteiger partial charge >= 0.3 is 0 Å². The average molecular weight is 485 g/mol. The molecule has 1 aliphatic rings. The van der Waals surface area contributed by atoms with E-state index in [1.54, 1.807) is 0 Å². The van der Waals surface area contributed by atoms with Crippen molar-refractivity contribution in [1.82, 2.24) is 19.9 Å². The highest BCUT2D eigenvalue weighted by Crippen LogP contribution is 2.24. The van der Waals surface area contributed by atoms with E-state index in [0.717, 1.165) is 52.5 Å². The standard InChI is InChI=1S/C32H28N4O/c1-22-6-8-23(9-7-22)10-11-24-12-14-25(15-13-24)32(37)36-17-16-27-19-34-31(35-30(27)21-36)28-18-26-4-2-3-5-29(26)33-20-28/h2-9,12-15,18-20H,10-11,16-17,21H2,1H3. The molecule has 0 bridgehead atoms. The van der Waals surface area contributed by atoms with Crippen molar-refractivity contribution >= 4 is 16.8 Å². The maximum atomic E-state index is 13.3. The quantitative estimate of drug-likeness (QED) is 0.308. The van der Waals surface area contributed by atoms with E-state index in [1.165, 1.54) is 16.7 Å². The van der Waals surface area contributed by atoms with Gasteiger partial charge in [0.25, 0.3) is 5.91 Å². The fourth-order valence-corrected chi connectivity index (χ4v) is 4.85. The molecule has 0 spiro atoms. The molecule has 3 heterocycles. The molecule has 1 aliphatic heterocycles. The Bertz CT molecular complexity index is 1580. The molecule has 5 heteroatoms. The Morgan fingerprint density at radius 2 is 1.59 bits per heavy atom. The van der Waals surface area contributed by atoms with Crippen LogP contribution in [0.5, 0.6) is 0 Å². The van der Waals surface area contributed by atoms with E-state index in [4.69, 9.17) is 4.98 Å². The highest BCUT2D eigenvalue weighted by molar-refractivity contribution is 5.94. The minimum atomic E-state index is 0.0447. The van der Waals surface area contributed by atoms with Gasteiger partial charge in [0, 0.05) is 35.5 Å². The van der Waals surface area contributed by atoms with Crippen LogP contribution in [-0.2, 0) is 25.8 Å². The van der Waals surface area contributed by atoms with Gasteiger partial charge in [-0.2, -0.15) is 0 Å². The third kappa shape index (κ3) is 4.98. The van der Waals surface area contributed by atoms with Crippen LogP contribution in [0.25, 0.3) is 22.3 Å². The Balaban J connectivity index is 1.15. The van der Waals surface area contributed by atoms with E-state index >= 15 is 0 Å². The highest BCUT2D eigenvalue weighted by Gasteiger charge is 2.23. The normalized spacial score (nSPS) is 12.9. The Morgan fingerprint density at radius 1 is 0.865 bits per heavy atom. The van der Waals surface area contributed by atoms with E-state index in [2.05, 4.69) is 59.4 Å². The van der Waals surface area contributed by atoms with Crippen molar-refractivity contribution in [3.05, 3.63) is 125 Å². The fourth-order valence-electron chi connectivity index (χ4n) is 4.85. The number of hydrogen-bond acceptors (Lipinski definition) is 4. The van der Waals surface area contributed by atoms with Crippen molar-refractivity contribution in [2.45, 2.75) is 32.7 Å². The summed E-state index contributed by atoms with van der Waals surface area (Å²) in [6, 6.07) is 26.8. The Morgan fingerprint density at radius 3 is 2.38 bits per heavy atom. The Labute approximate surface area is 216 Å². The van der Waals surface area contributed by atoms with Crippen molar-refractivity contribution in [3.63, 3.8) is 0 Å². The zero-order valence-electron chi connectivity index (χ0n) is 20.9. The number of fused-ring (bicyclic) bond motifs is 2. The fraction of sp³-hybridized carbons (Fsp3) is 0.188. The summed E-state index contributed by atoms with van der Waals surface area (Å²) in [6.07, 6.45) is 6.42. The number of rotatable bonds is 5. The number of aryl methyl sites for hydroxylation is 3. The van der Waals surface area contributed by atoms with Crippen LogP contribution in [0.15, 0.2) is 91.3 Å². The number of carbonyl (C=O) groups excluding carboxylic acids is 1. The van der Waals surface area contributed by atoms with E-state index in [0.29, 0.717) is 18.9 Å². The van der Waals surface area contributed by atoms with Crippen molar-refractivity contribution in [2.24, 2.45) is 0 Å². The largest absolute Gasteiger partial charge is 0.332 e. The lowest BCUT2D eigenvalue weighted by molar-refractivity contribution is 0.0731. The molecule has 1 amide bonds. The maximum Gasteiger partial charge on any atom is 0.254 e. The highest BCUT2D eigenvalue weighted by atomic mass is 16.2. The lowest BCUT2D eigenvalue weighted by Gasteiger charge is -2.28. The molecule has 0 N–H and O–H groups in total. The molecule has 5 nitrogen and oxygen atoms in total. The van der Waals surface area contributed by atoms with Crippen LogP contribution in [0, 0.1) is 6.92 Å². The van der Waals surface area contributed by atoms with Gasteiger partial charge in [-0.25, -0.2) is 9.97 Å². The molecular formula is C32H28N4O. The number of hydrogen-bond donors (Lipinski definition) is 0. The number of amides is 1. The zero-order chi connectivity index (χ0) is 25.2. The molecule has 6 rings (SSSR count). The summed E-state index contributed by atoms with van der Waals surface area (Å²) >= 11 is 0. The van der Waals surface area contributed by atoms with Gasteiger partial charge in [0.15, 0.2) is 5.82 Å². The number of benzene rings is 3. The summed E-state index contributed by atoms with van der Waals surface area (Å²) in [4.78, 5) is 29.2. The second-order valence-electron chi connectivity index (χ2n) is 9.74. The van der Waals surface area contributed by atoms with Gasteiger partial charge in [0.2, 0.25) is 0 Å². The first kappa shape index (κ1) is 23.0. The van der Waals surface area contributed by atoms with Crippen LogP contribution in [-0.4, -0.2) is 32.3 Å². The van der Waals surface area contributed by atoms with Crippen LogP contribution in [0.4, 0.5) is 0 Å². The molecule has 0 atom stereocenters. The van der Waals surface area contributed by atoms with Crippen molar-refractivity contribution < 1.29 is 4.79 Å². The lowest BCUT2D eigenvalue weighted by Crippen LogP contribution is -2.36. The van der Waals surface area contributed by atoms with Crippen LogP contribution in [0.1, 0.15) is 38.3 Å². The minimum absolute atomic E-state index is 0.0447. The minimum Gasteiger partial charge on any atom is -0.332 e. The van der Waals surface area contributed by atoms with Crippen LogP contribution in [0.2, 0.25) is 0 Å². The summed E-state index contributed by atoms with van der Waals surface area (Å²) < 4.78 is 0. The molecule has 182 valence electrons. The van der Waals surface area contributed by atoms with Crippen molar-refractivity contribution in [1.29, 1.82) is 0 Å². The van der Waals surface area contributed by atoms with E-state index in [1.807, 2.05) is 53.7 Å². The summed E-state index contributed by atoms with van der Waals surface area (Å²) in [5.74, 6) is 0.688. The van der Waals surface area contributed by atoms with E-state index < -0.39 is 0 Å².